The number of anilines is 1. The smallest absolute Gasteiger partial charge is 0.331 e. The van der Waals surface area contributed by atoms with Gasteiger partial charge in [0.2, 0.25) is 0 Å². The number of fused-ring (bicyclic) bond motifs is 3. The molecule has 4 aliphatic rings. The lowest BCUT2D eigenvalue weighted by Gasteiger charge is -2.52. The Kier molecular flexibility index (Phi) is 6.44. The third kappa shape index (κ3) is 4.49. The van der Waals surface area contributed by atoms with Gasteiger partial charge < -0.3 is 19.1 Å². The van der Waals surface area contributed by atoms with Gasteiger partial charge in [-0.25, -0.2) is 4.79 Å². The molecule has 4 aliphatic heterocycles. The molecule has 1 N–H and O–H groups in total. The van der Waals surface area contributed by atoms with Crippen molar-refractivity contribution in [2.45, 2.75) is 50.7 Å². The number of amides is 1. The van der Waals surface area contributed by atoms with E-state index in [1.165, 1.54) is 12.7 Å². The van der Waals surface area contributed by atoms with E-state index in [4.69, 9.17) is 9.26 Å². The van der Waals surface area contributed by atoms with Crippen LogP contribution in [-0.2, 0) is 19.9 Å². The van der Waals surface area contributed by atoms with Gasteiger partial charge in [0.15, 0.2) is 18.5 Å². The Morgan fingerprint density at radius 3 is 2.56 bits per heavy atom. The summed E-state index contributed by atoms with van der Waals surface area (Å²) in [6, 6.07) is 11.7. The molecule has 1 aromatic heterocycles. The Bertz CT molecular complexity index is 981. The summed E-state index contributed by atoms with van der Waals surface area (Å²) in [6.07, 6.45) is 6.63. The second-order valence-electron chi connectivity index (χ2n) is 10.3. The first-order chi connectivity index (χ1) is 16.5. The Hall–Kier alpha value is -2.71. The van der Waals surface area contributed by atoms with Gasteiger partial charge in [-0.3, -0.25) is 9.69 Å². The molecule has 0 radical (unpaired) electrons. The molecule has 4 fully saturated rings. The maximum Gasteiger partial charge on any atom is 0.331 e. The summed E-state index contributed by atoms with van der Waals surface area (Å²) in [6.45, 7) is 6.74. The predicted octanol–water partition coefficient (Wildman–Crippen LogP) is 3.17. The van der Waals surface area contributed by atoms with E-state index in [1.54, 1.807) is 6.07 Å². The standard InChI is InChI=1S/C26H34N4O4/c1-26(21-8-4-2-5-9-21,29-13-6-3-7-14-29)25(32)34-22-18-30(15-10-20(22)11-16-30)19-24(31)27-23-12-17-33-28-23/h2,4-5,8-9,12,17,20,22H,3,6-7,10-11,13-16,18-19H2,1H3/p+1/t20?,22-,26+,30?/m1/s1. The van der Waals surface area contributed by atoms with E-state index in [0.717, 1.165) is 57.4 Å². The molecule has 0 aliphatic carbocycles. The van der Waals surface area contributed by atoms with Crippen LogP contribution in [0.2, 0.25) is 0 Å². The Morgan fingerprint density at radius 1 is 1.15 bits per heavy atom. The number of likely N-dealkylation sites (tertiary alicyclic amines) is 1. The minimum atomic E-state index is -0.803. The average molecular weight is 468 g/mol. The maximum atomic E-state index is 13.9. The van der Waals surface area contributed by atoms with Gasteiger partial charge in [0.25, 0.3) is 5.91 Å². The van der Waals surface area contributed by atoms with Gasteiger partial charge in [0, 0.05) is 24.8 Å². The second kappa shape index (κ2) is 9.50. The van der Waals surface area contributed by atoms with Gasteiger partial charge in [-0.15, -0.1) is 0 Å². The highest BCUT2D eigenvalue weighted by Gasteiger charge is 2.51. The zero-order chi connectivity index (χ0) is 23.6. The number of aromatic nitrogens is 1. The van der Waals surface area contributed by atoms with Crippen LogP contribution in [0.3, 0.4) is 0 Å². The number of nitrogens with one attached hydrogen (secondary N) is 1. The molecule has 34 heavy (non-hydrogen) atoms. The topological polar surface area (TPSA) is 84.7 Å². The molecule has 2 bridgehead atoms. The van der Waals surface area contributed by atoms with Crippen molar-refractivity contribution in [2.75, 3.05) is 44.6 Å². The Morgan fingerprint density at radius 2 is 1.88 bits per heavy atom. The molecule has 1 aromatic carbocycles. The van der Waals surface area contributed by atoms with Crippen molar-refractivity contribution in [3.05, 3.63) is 48.2 Å². The van der Waals surface area contributed by atoms with E-state index in [2.05, 4.69) is 15.4 Å². The molecule has 8 heteroatoms. The van der Waals surface area contributed by atoms with E-state index in [9.17, 15) is 9.59 Å². The molecule has 0 spiro atoms. The number of hydrogen-bond donors (Lipinski definition) is 1. The molecular weight excluding hydrogens is 432 g/mol. The van der Waals surface area contributed by atoms with Gasteiger partial charge in [0.1, 0.15) is 18.3 Å². The SMILES string of the molecule is C[C@@](C(=O)O[C@@H]1C[N+]2(CC(=O)Nc3ccon3)CCC1CC2)(c1ccccc1)N1CCCCC1. The first kappa shape index (κ1) is 23.1. The summed E-state index contributed by atoms with van der Waals surface area (Å²) in [5.41, 5.74) is 0.183. The summed E-state index contributed by atoms with van der Waals surface area (Å²) in [7, 11) is 0. The lowest BCUT2D eigenvalue weighted by atomic mass is 9.82. The number of piperidine rings is 4. The molecular formula is C26H35N4O4+. The predicted molar refractivity (Wildman–Crippen MR) is 127 cm³/mol. The number of hydrogen-bond acceptors (Lipinski definition) is 6. The molecule has 182 valence electrons. The van der Waals surface area contributed by atoms with Crippen LogP contribution in [0.25, 0.3) is 0 Å². The first-order valence-corrected chi connectivity index (χ1v) is 12.6. The highest BCUT2D eigenvalue weighted by Crippen LogP contribution is 2.38. The number of ether oxygens (including phenoxy) is 1. The molecule has 5 heterocycles. The molecule has 0 saturated carbocycles. The number of esters is 1. The summed E-state index contributed by atoms with van der Waals surface area (Å²) < 4.78 is 11.8. The van der Waals surface area contributed by atoms with E-state index < -0.39 is 5.54 Å². The lowest BCUT2D eigenvalue weighted by molar-refractivity contribution is -0.939. The molecule has 2 aromatic rings. The summed E-state index contributed by atoms with van der Waals surface area (Å²) in [5.74, 6) is 0.550. The third-order valence-corrected chi connectivity index (χ3v) is 8.21. The minimum absolute atomic E-state index is 0.0817. The third-order valence-electron chi connectivity index (χ3n) is 8.21. The second-order valence-corrected chi connectivity index (χ2v) is 10.3. The van der Waals surface area contributed by atoms with Crippen LogP contribution in [-0.4, -0.2) is 71.8 Å². The molecule has 8 nitrogen and oxygen atoms in total. The van der Waals surface area contributed by atoms with Crippen LogP contribution in [0.1, 0.15) is 44.6 Å². The number of nitrogens with zero attached hydrogens (tertiary/aromatic N) is 3. The van der Waals surface area contributed by atoms with Gasteiger partial charge in [-0.2, -0.15) is 0 Å². The molecule has 1 amide bonds. The Labute approximate surface area is 200 Å². The largest absolute Gasteiger partial charge is 0.454 e. The van der Waals surface area contributed by atoms with Crippen LogP contribution in [0, 0.1) is 5.92 Å². The van der Waals surface area contributed by atoms with E-state index in [-0.39, 0.29) is 18.0 Å². The minimum Gasteiger partial charge on any atom is -0.454 e. The van der Waals surface area contributed by atoms with Crippen LogP contribution in [0.4, 0.5) is 5.82 Å². The molecule has 4 saturated heterocycles. The number of carbonyl (C=O) groups excluding carboxylic acids is 2. The number of carbonyl (C=O) groups is 2. The zero-order valence-corrected chi connectivity index (χ0v) is 19.9. The fraction of sp³-hybridized carbons (Fsp3) is 0.577. The van der Waals surface area contributed by atoms with Crippen molar-refractivity contribution in [3.8, 4) is 0 Å². The van der Waals surface area contributed by atoms with Crippen molar-refractivity contribution in [2.24, 2.45) is 5.92 Å². The Balaban J connectivity index is 1.31. The maximum absolute atomic E-state index is 13.9. The van der Waals surface area contributed by atoms with Crippen LogP contribution < -0.4 is 5.32 Å². The van der Waals surface area contributed by atoms with Gasteiger partial charge in [-0.1, -0.05) is 41.9 Å². The zero-order valence-electron chi connectivity index (χ0n) is 19.9. The highest BCUT2D eigenvalue weighted by molar-refractivity contribution is 5.90. The average Bonchev–Trinajstić information content (AvgIpc) is 3.37. The van der Waals surface area contributed by atoms with Crippen molar-refractivity contribution < 1.29 is 23.3 Å². The molecule has 0 unspecified atom stereocenters. The fourth-order valence-electron chi connectivity index (χ4n) is 6.13. The summed E-state index contributed by atoms with van der Waals surface area (Å²) in [5, 5.41) is 6.59. The summed E-state index contributed by atoms with van der Waals surface area (Å²) >= 11 is 0. The van der Waals surface area contributed by atoms with Crippen molar-refractivity contribution in [3.63, 3.8) is 0 Å². The summed E-state index contributed by atoms with van der Waals surface area (Å²) in [4.78, 5) is 28.9. The van der Waals surface area contributed by atoms with Gasteiger partial charge in [-0.05, 0) is 38.4 Å². The highest BCUT2D eigenvalue weighted by atomic mass is 16.5. The first-order valence-electron chi connectivity index (χ1n) is 12.6. The van der Waals surface area contributed by atoms with E-state index in [0.29, 0.717) is 29.3 Å². The van der Waals surface area contributed by atoms with Gasteiger partial charge in [0.05, 0.1) is 13.1 Å². The quantitative estimate of drug-likeness (QED) is 0.497. The number of rotatable bonds is 7. The lowest BCUT2D eigenvalue weighted by Crippen LogP contribution is -2.66. The molecule has 6 rings (SSSR count). The van der Waals surface area contributed by atoms with Crippen molar-refractivity contribution in [1.29, 1.82) is 0 Å². The number of benzene rings is 1. The van der Waals surface area contributed by atoms with E-state index >= 15 is 0 Å². The van der Waals surface area contributed by atoms with Gasteiger partial charge >= 0.3 is 5.97 Å². The number of quaternary nitrogens is 1. The fourth-order valence-corrected chi connectivity index (χ4v) is 6.13. The molecule has 2 atom stereocenters. The monoisotopic (exact) mass is 467 g/mol. The van der Waals surface area contributed by atoms with Crippen molar-refractivity contribution in [1.82, 2.24) is 10.1 Å². The normalized spacial score (nSPS) is 28.7. The van der Waals surface area contributed by atoms with Crippen LogP contribution >= 0.6 is 0 Å². The van der Waals surface area contributed by atoms with E-state index in [1.807, 2.05) is 37.3 Å². The van der Waals surface area contributed by atoms with Crippen LogP contribution in [0.15, 0.2) is 47.2 Å². The van der Waals surface area contributed by atoms with Crippen molar-refractivity contribution >= 4 is 17.7 Å². The van der Waals surface area contributed by atoms with Crippen LogP contribution in [0.5, 0.6) is 0 Å².